The van der Waals surface area contributed by atoms with E-state index in [2.05, 4.69) is 0 Å². The van der Waals surface area contributed by atoms with Gasteiger partial charge in [0.05, 0.1) is 6.10 Å². The molecular weight excluding hydrogens is 336 g/mol. The van der Waals surface area contributed by atoms with Gasteiger partial charge in [0.1, 0.15) is 24.7 Å². The number of aliphatic hydroxyl groups excluding tert-OH is 1. The van der Waals surface area contributed by atoms with Crippen molar-refractivity contribution in [3.63, 3.8) is 0 Å². The molecule has 140 valence electrons. The largest absolute Gasteiger partial charge is 0.489 e. The lowest BCUT2D eigenvalue weighted by atomic mass is 10.1. The van der Waals surface area contributed by atoms with E-state index in [-0.39, 0.29) is 6.10 Å². The van der Waals surface area contributed by atoms with Gasteiger partial charge in [-0.05, 0) is 42.5 Å². The predicted octanol–water partition coefficient (Wildman–Crippen LogP) is 5.16. The van der Waals surface area contributed by atoms with Crippen molar-refractivity contribution in [1.29, 1.82) is 0 Å². The maximum absolute atomic E-state index is 9.61. The molecule has 0 fully saturated rings. The lowest BCUT2D eigenvalue weighted by molar-refractivity contribution is 0.184. The van der Waals surface area contributed by atoms with Crippen molar-refractivity contribution in [2.24, 2.45) is 0 Å². The lowest BCUT2D eigenvalue weighted by Gasteiger charge is -2.15. The van der Waals surface area contributed by atoms with E-state index in [1.807, 2.05) is 85.8 Å². The summed E-state index contributed by atoms with van der Waals surface area (Å²) in [6, 6.07) is 26.1. The molecule has 0 amide bonds. The first kappa shape index (κ1) is 19.0. The maximum atomic E-state index is 9.61. The van der Waals surface area contributed by atoms with Crippen molar-refractivity contribution in [2.45, 2.75) is 39.1 Å². The normalized spacial score (nSPS) is 11.8. The molecule has 1 unspecified atom stereocenters. The summed E-state index contributed by atoms with van der Waals surface area (Å²) < 4.78 is 12.0. The molecule has 3 aromatic carbocycles. The zero-order valence-corrected chi connectivity index (χ0v) is 15.7. The molecule has 1 N–H and O–H groups in total. The third kappa shape index (κ3) is 6.15. The van der Waals surface area contributed by atoms with Crippen LogP contribution in [0.3, 0.4) is 0 Å². The van der Waals surface area contributed by atoms with Crippen LogP contribution in [0.25, 0.3) is 0 Å². The van der Waals surface area contributed by atoms with Crippen molar-refractivity contribution in [3.8, 4) is 11.5 Å². The Bertz CT molecular complexity index is 814. The molecule has 0 aliphatic carbocycles. The number of benzene rings is 3. The molecule has 1 atom stereocenters. The van der Waals surface area contributed by atoms with Gasteiger partial charge < -0.3 is 14.6 Å². The first-order valence-corrected chi connectivity index (χ1v) is 9.35. The zero-order chi connectivity index (χ0) is 18.9. The van der Waals surface area contributed by atoms with Crippen LogP contribution in [0.1, 0.15) is 30.0 Å². The summed E-state index contributed by atoms with van der Waals surface area (Å²) in [5, 5.41) is 9.61. The Morgan fingerprint density at radius 3 is 1.96 bits per heavy atom. The Morgan fingerprint density at radius 2 is 1.37 bits per heavy atom. The zero-order valence-electron chi connectivity index (χ0n) is 15.7. The molecule has 0 bridgehead atoms. The number of ether oxygens (including phenoxy) is 2. The average molecular weight is 362 g/mol. The first-order valence-electron chi connectivity index (χ1n) is 9.35. The summed E-state index contributed by atoms with van der Waals surface area (Å²) in [6.07, 6.45) is 1.13. The van der Waals surface area contributed by atoms with Gasteiger partial charge in [-0.15, -0.1) is 0 Å². The average Bonchev–Trinajstić information content (AvgIpc) is 2.71. The quantitative estimate of drug-likeness (QED) is 0.571. The standard InChI is InChI=1S/C24H26O3/c1-19(25)12-13-22-14-15-23(26-17-20-8-4-2-5-9-20)16-24(22)27-18-21-10-6-3-7-11-21/h2-11,14-16,19,25H,12-13,17-18H2,1H3. The van der Waals surface area contributed by atoms with Crippen LogP contribution in [0.2, 0.25) is 0 Å². The van der Waals surface area contributed by atoms with Crippen molar-refractivity contribution in [1.82, 2.24) is 0 Å². The molecule has 0 spiro atoms. The van der Waals surface area contributed by atoms with Crippen LogP contribution in [0, 0.1) is 0 Å². The topological polar surface area (TPSA) is 38.7 Å². The molecule has 0 saturated heterocycles. The Hall–Kier alpha value is -2.78. The van der Waals surface area contributed by atoms with Gasteiger partial charge in [0, 0.05) is 6.07 Å². The third-order valence-corrected chi connectivity index (χ3v) is 4.36. The smallest absolute Gasteiger partial charge is 0.126 e. The van der Waals surface area contributed by atoms with Gasteiger partial charge in [-0.2, -0.15) is 0 Å². The molecule has 0 heterocycles. The predicted molar refractivity (Wildman–Crippen MR) is 108 cm³/mol. The fourth-order valence-electron chi connectivity index (χ4n) is 2.81. The highest BCUT2D eigenvalue weighted by Gasteiger charge is 2.09. The van der Waals surface area contributed by atoms with E-state index in [4.69, 9.17) is 9.47 Å². The summed E-state index contributed by atoms with van der Waals surface area (Å²) in [7, 11) is 0. The van der Waals surface area contributed by atoms with Crippen LogP contribution in [-0.4, -0.2) is 11.2 Å². The second-order valence-electron chi connectivity index (χ2n) is 6.71. The van der Waals surface area contributed by atoms with Crippen LogP contribution in [0.15, 0.2) is 78.9 Å². The Labute approximate surface area is 161 Å². The SMILES string of the molecule is CC(O)CCc1ccc(OCc2ccccc2)cc1OCc1ccccc1. The number of aryl methyl sites for hydroxylation is 1. The van der Waals surface area contributed by atoms with Crippen molar-refractivity contribution < 1.29 is 14.6 Å². The van der Waals surface area contributed by atoms with Crippen LogP contribution in [0.5, 0.6) is 11.5 Å². The van der Waals surface area contributed by atoms with Crippen LogP contribution in [-0.2, 0) is 19.6 Å². The highest BCUT2D eigenvalue weighted by atomic mass is 16.5. The highest BCUT2D eigenvalue weighted by Crippen LogP contribution is 2.28. The van der Waals surface area contributed by atoms with Gasteiger partial charge in [-0.25, -0.2) is 0 Å². The van der Waals surface area contributed by atoms with E-state index in [0.717, 1.165) is 34.6 Å². The molecule has 0 aliphatic rings. The number of aliphatic hydroxyl groups is 1. The summed E-state index contributed by atoms with van der Waals surface area (Å²) in [5.41, 5.74) is 3.33. The van der Waals surface area contributed by atoms with Crippen LogP contribution in [0.4, 0.5) is 0 Å². The van der Waals surface area contributed by atoms with E-state index in [1.165, 1.54) is 0 Å². The molecule has 3 nitrogen and oxygen atoms in total. The highest BCUT2D eigenvalue weighted by molar-refractivity contribution is 5.41. The van der Waals surface area contributed by atoms with Crippen LogP contribution >= 0.6 is 0 Å². The summed E-state index contributed by atoms with van der Waals surface area (Å²) in [4.78, 5) is 0. The van der Waals surface area contributed by atoms with Gasteiger partial charge in [0.2, 0.25) is 0 Å². The van der Waals surface area contributed by atoms with E-state index in [1.54, 1.807) is 0 Å². The molecular formula is C24H26O3. The number of rotatable bonds is 9. The van der Waals surface area contributed by atoms with Crippen molar-refractivity contribution >= 4 is 0 Å². The van der Waals surface area contributed by atoms with E-state index >= 15 is 0 Å². The van der Waals surface area contributed by atoms with Crippen molar-refractivity contribution in [3.05, 3.63) is 95.6 Å². The second-order valence-corrected chi connectivity index (χ2v) is 6.71. The summed E-state index contributed by atoms with van der Waals surface area (Å²) >= 11 is 0. The van der Waals surface area contributed by atoms with Gasteiger partial charge in [-0.3, -0.25) is 0 Å². The number of hydrogen-bond acceptors (Lipinski definition) is 3. The molecule has 0 saturated carbocycles. The molecule has 27 heavy (non-hydrogen) atoms. The van der Waals surface area contributed by atoms with Crippen molar-refractivity contribution in [2.75, 3.05) is 0 Å². The maximum Gasteiger partial charge on any atom is 0.126 e. The van der Waals surface area contributed by atoms with Crippen LogP contribution < -0.4 is 9.47 Å². The Balaban J connectivity index is 1.71. The van der Waals surface area contributed by atoms with Gasteiger partial charge in [0.25, 0.3) is 0 Å². The minimum Gasteiger partial charge on any atom is -0.489 e. The van der Waals surface area contributed by atoms with E-state index in [9.17, 15) is 5.11 Å². The fraction of sp³-hybridized carbons (Fsp3) is 0.250. The molecule has 0 radical (unpaired) electrons. The Kier molecular flexibility index (Phi) is 6.89. The van der Waals surface area contributed by atoms with Gasteiger partial charge >= 0.3 is 0 Å². The third-order valence-electron chi connectivity index (χ3n) is 4.36. The molecule has 3 aromatic rings. The molecule has 3 heteroatoms. The molecule has 0 aromatic heterocycles. The molecule has 3 rings (SSSR count). The van der Waals surface area contributed by atoms with Gasteiger partial charge in [0.15, 0.2) is 0 Å². The summed E-state index contributed by atoms with van der Waals surface area (Å²) in [6.45, 7) is 2.83. The monoisotopic (exact) mass is 362 g/mol. The Morgan fingerprint density at radius 1 is 0.778 bits per heavy atom. The van der Waals surface area contributed by atoms with E-state index in [0.29, 0.717) is 19.6 Å². The fourth-order valence-corrected chi connectivity index (χ4v) is 2.81. The minimum atomic E-state index is -0.332. The molecule has 0 aliphatic heterocycles. The summed E-state index contributed by atoms with van der Waals surface area (Å²) in [5.74, 6) is 1.59. The second kappa shape index (κ2) is 9.79. The lowest BCUT2D eigenvalue weighted by Crippen LogP contribution is -2.04. The first-order chi connectivity index (χ1) is 13.2. The number of hydrogen-bond donors (Lipinski definition) is 1. The van der Waals surface area contributed by atoms with E-state index < -0.39 is 0 Å². The minimum absolute atomic E-state index is 0.332. The van der Waals surface area contributed by atoms with Gasteiger partial charge in [-0.1, -0.05) is 66.7 Å².